The number of alkyl halides is 3. The molecule has 1 amide bonds. The summed E-state index contributed by atoms with van der Waals surface area (Å²) < 4.78 is 77.3. The molecule has 2 fully saturated rings. The van der Waals surface area contributed by atoms with Crippen LogP contribution in [0.1, 0.15) is 65.6 Å². The van der Waals surface area contributed by atoms with E-state index in [2.05, 4.69) is 4.90 Å². The topological polar surface area (TPSA) is 133 Å². The fourth-order valence-corrected chi connectivity index (χ4v) is 4.37. The van der Waals surface area contributed by atoms with Crippen molar-refractivity contribution >= 4 is 34.6 Å². The molecule has 222 valence electrons. The molecule has 1 saturated heterocycles. The van der Waals surface area contributed by atoms with E-state index in [1.165, 1.54) is 18.2 Å². The summed E-state index contributed by atoms with van der Waals surface area (Å²) in [4.78, 5) is 22.6. The first-order valence-electron chi connectivity index (χ1n) is 12.2. The summed E-state index contributed by atoms with van der Waals surface area (Å²) >= 11 is 3.80. The summed E-state index contributed by atoms with van der Waals surface area (Å²) in [6, 6.07) is 6.55. The highest BCUT2D eigenvalue weighted by molar-refractivity contribution is 7.78. The van der Waals surface area contributed by atoms with Gasteiger partial charge in [0.1, 0.15) is 17.7 Å². The van der Waals surface area contributed by atoms with Crippen molar-refractivity contribution < 1.29 is 45.8 Å². The zero-order chi connectivity index (χ0) is 30.2. The monoisotopic (exact) mass is 609 g/mol. The van der Waals surface area contributed by atoms with Crippen molar-refractivity contribution in [3.63, 3.8) is 0 Å². The Bertz CT molecular complexity index is 1200. The van der Waals surface area contributed by atoms with Crippen LogP contribution in [0, 0.1) is 5.82 Å². The summed E-state index contributed by atoms with van der Waals surface area (Å²) in [7, 11) is 0. The molecule has 0 bridgehead atoms. The van der Waals surface area contributed by atoms with E-state index < -0.39 is 40.5 Å². The summed E-state index contributed by atoms with van der Waals surface area (Å²) in [6.45, 7) is 2.94. The molecule has 1 aliphatic heterocycles. The molecule has 1 saturated carbocycles. The molecule has 1 unspecified atom stereocenters. The van der Waals surface area contributed by atoms with Gasteiger partial charge in [-0.1, -0.05) is 22.7 Å². The molecule has 1 aliphatic carbocycles. The molecule has 14 heteroatoms. The number of hydrogen-bond acceptors (Lipinski definition) is 6. The normalized spacial score (nSPS) is 16.6. The van der Waals surface area contributed by atoms with E-state index in [9.17, 15) is 22.4 Å². The number of likely N-dealkylation sites (tertiary alicyclic amines) is 1. The van der Waals surface area contributed by atoms with Crippen LogP contribution in [-0.2, 0) is 28.6 Å². The molecule has 40 heavy (non-hydrogen) atoms. The largest absolute Gasteiger partial charge is 0.773 e. The molecule has 2 aliphatic rings. The number of carboxylic acids is 1. The van der Waals surface area contributed by atoms with Gasteiger partial charge < -0.3 is 20.1 Å². The highest BCUT2D eigenvalue weighted by Crippen LogP contribution is 2.43. The maximum Gasteiger partial charge on any atom is 0.417 e. The maximum atomic E-state index is 14.3. The third-order valence-corrected chi connectivity index (χ3v) is 6.32. The van der Waals surface area contributed by atoms with Gasteiger partial charge in [0.15, 0.2) is 0 Å². The fourth-order valence-electron chi connectivity index (χ4n) is 4.14. The van der Waals surface area contributed by atoms with E-state index in [1.807, 2.05) is 0 Å². The highest BCUT2D eigenvalue weighted by atomic mass is 35.5. The Balaban J connectivity index is 0.000000621. The molecule has 2 aromatic rings. The zero-order valence-electron chi connectivity index (χ0n) is 21.8. The molecule has 8 nitrogen and oxygen atoms in total. The van der Waals surface area contributed by atoms with E-state index in [0.717, 1.165) is 43.2 Å². The molecule has 0 spiro atoms. The number of primary amides is 1. The number of amides is 1. The van der Waals surface area contributed by atoms with Gasteiger partial charge in [-0.2, -0.15) is 13.2 Å². The van der Waals surface area contributed by atoms with Crippen molar-refractivity contribution in [2.45, 2.75) is 57.3 Å². The smallest absolute Gasteiger partial charge is 0.417 e. The minimum atomic E-state index is -4.54. The molecular weight excluding hydrogens is 580 g/mol. The van der Waals surface area contributed by atoms with Gasteiger partial charge in [-0.15, -0.1) is 0 Å². The predicted molar refractivity (Wildman–Crippen MR) is 140 cm³/mol. The van der Waals surface area contributed by atoms with E-state index in [4.69, 9.17) is 40.7 Å². The van der Waals surface area contributed by atoms with Crippen LogP contribution in [0.2, 0.25) is 5.02 Å². The van der Waals surface area contributed by atoms with Gasteiger partial charge in [-0.3, -0.25) is 18.7 Å². The zero-order valence-corrected chi connectivity index (χ0v) is 23.4. The van der Waals surface area contributed by atoms with Gasteiger partial charge in [-0.25, -0.2) is 4.39 Å². The van der Waals surface area contributed by atoms with Crippen molar-refractivity contribution in [2.24, 2.45) is 5.73 Å². The van der Waals surface area contributed by atoms with Gasteiger partial charge >= 0.3 is 6.18 Å². The molecule has 1 atom stereocenters. The first-order chi connectivity index (χ1) is 18.6. The number of hydrogen-bond donors (Lipinski definition) is 2. The lowest BCUT2D eigenvalue weighted by molar-refractivity contribution is -0.137. The molecule has 0 radical (unpaired) electrons. The van der Waals surface area contributed by atoms with Crippen molar-refractivity contribution in [1.29, 1.82) is 0 Å². The molecule has 0 aromatic heterocycles. The number of aliphatic carboxylic acids is 1. The van der Waals surface area contributed by atoms with Gasteiger partial charge in [0.25, 0.3) is 11.9 Å². The van der Waals surface area contributed by atoms with E-state index in [0.29, 0.717) is 38.4 Å². The second kappa shape index (κ2) is 14.8. The van der Waals surface area contributed by atoms with Crippen molar-refractivity contribution in [2.75, 3.05) is 19.3 Å². The lowest BCUT2D eigenvalue weighted by Crippen LogP contribution is -2.38. The van der Waals surface area contributed by atoms with Gasteiger partial charge in [0.2, 0.25) is 0 Å². The second-order valence-electron chi connectivity index (χ2n) is 9.32. The van der Waals surface area contributed by atoms with Crippen LogP contribution in [0.5, 0.6) is 5.75 Å². The van der Waals surface area contributed by atoms with Crippen LogP contribution in [-0.4, -0.2) is 56.1 Å². The Morgan fingerprint density at radius 2 is 1.73 bits per heavy atom. The average molecular weight is 610 g/mol. The summed E-state index contributed by atoms with van der Waals surface area (Å²) in [5.41, 5.74) is 6.11. The standard InChI is InChI=1S/C23H23ClF4N2O2.C2H4O2.CH4O2S/c24-20-4-3-16(10-19(20)23(26,27)28)32-15-5-7-30(8-6-15)12-14-9-21(25)18(22(29)31)11-17(14)13-1-2-13;1-2(3)4;1-4(2)3/h3-4,9-11,13,15H,1-2,5-8,12H2,(H2,29,31);1H3,(H,3,4);1H3,(H,2,3)/p-1. The van der Waals surface area contributed by atoms with Crippen molar-refractivity contribution in [1.82, 2.24) is 4.90 Å². The minimum Gasteiger partial charge on any atom is -0.773 e. The lowest BCUT2D eigenvalue weighted by atomic mass is 9.97. The predicted octanol–water partition coefficient (Wildman–Crippen LogP) is 5.10. The number of rotatable bonds is 6. The first-order valence-corrected chi connectivity index (χ1v) is 14.0. The second-order valence-corrected chi connectivity index (χ2v) is 10.5. The van der Waals surface area contributed by atoms with Crippen LogP contribution in [0.3, 0.4) is 0 Å². The molecule has 2 aromatic carbocycles. The molecule has 1 heterocycles. The quantitative estimate of drug-likeness (QED) is 0.344. The van der Waals surface area contributed by atoms with E-state index in [1.54, 1.807) is 6.07 Å². The van der Waals surface area contributed by atoms with Gasteiger partial charge in [-0.05, 0) is 79.3 Å². The Labute approximate surface area is 236 Å². The fraction of sp³-hybridized carbons (Fsp3) is 0.462. The molecular formula is C26H30ClF4N2O6S-. The number of halogens is 5. The number of benzene rings is 2. The van der Waals surface area contributed by atoms with Crippen molar-refractivity contribution in [3.05, 3.63) is 63.4 Å². The van der Waals surface area contributed by atoms with E-state index >= 15 is 0 Å². The van der Waals surface area contributed by atoms with Crippen LogP contribution in [0.25, 0.3) is 0 Å². The highest BCUT2D eigenvalue weighted by Gasteiger charge is 2.34. The number of nitrogens with zero attached hydrogens (tertiary/aromatic N) is 1. The third kappa shape index (κ3) is 11.0. The van der Waals surface area contributed by atoms with Crippen LogP contribution in [0.4, 0.5) is 17.6 Å². The summed E-state index contributed by atoms with van der Waals surface area (Å²) in [5, 5.41) is 7.06. The SMILES string of the molecule is CC(=O)O.CS(=O)[O-].NC(=O)c1cc(C2CC2)c(CN2CCC(Oc3ccc(Cl)c(C(F)(F)F)c3)CC2)cc1F. The lowest BCUT2D eigenvalue weighted by Gasteiger charge is -2.32. The Morgan fingerprint density at radius 1 is 1.18 bits per heavy atom. The average Bonchev–Trinajstić information content (AvgIpc) is 3.65. The number of carboxylic acid groups (broad SMARTS) is 1. The number of carbonyl (C=O) groups excluding carboxylic acids is 1. The van der Waals surface area contributed by atoms with Gasteiger partial charge in [0, 0.05) is 26.6 Å². The first kappa shape index (κ1) is 33.5. The third-order valence-electron chi connectivity index (χ3n) is 5.99. The number of nitrogens with two attached hydrogens (primary N) is 1. The number of piperidine rings is 1. The Hall–Kier alpha value is -2.74. The molecule has 3 N–H and O–H groups in total. The van der Waals surface area contributed by atoms with Crippen LogP contribution >= 0.6 is 11.6 Å². The maximum absolute atomic E-state index is 14.3. The van der Waals surface area contributed by atoms with E-state index in [-0.39, 0.29) is 22.4 Å². The van der Waals surface area contributed by atoms with Gasteiger partial charge in [0.05, 0.1) is 16.1 Å². The Morgan fingerprint density at radius 3 is 2.20 bits per heavy atom. The van der Waals surface area contributed by atoms with Crippen LogP contribution < -0.4 is 10.5 Å². The minimum absolute atomic E-state index is 0.0797. The number of carbonyl (C=O) groups is 2. The molecule has 4 rings (SSSR count). The summed E-state index contributed by atoms with van der Waals surface area (Å²) in [6.07, 6.45) is -0.403. The van der Waals surface area contributed by atoms with Crippen LogP contribution in [0.15, 0.2) is 30.3 Å². The summed E-state index contributed by atoms with van der Waals surface area (Å²) in [5.74, 6) is -1.75. The van der Waals surface area contributed by atoms with Crippen molar-refractivity contribution in [3.8, 4) is 5.75 Å². The Kier molecular flexibility index (Phi) is 12.4. The number of ether oxygens (including phenoxy) is 1.